The third-order valence-electron chi connectivity index (χ3n) is 3.26. The number of aryl methyl sites for hydroxylation is 1. The van der Waals surface area contributed by atoms with Gasteiger partial charge < -0.3 is 15.6 Å². The molecule has 2 rings (SSSR count). The maximum absolute atomic E-state index is 12.0. The number of aromatic nitrogens is 1. The molecule has 1 saturated carbocycles. The van der Waals surface area contributed by atoms with Crippen LogP contribution in [0.3, 0.4) is 0 Å². The lowest BCUT2D eigenvalue weighted by Crippen LogP contribution is -2.50. The Balaban J connectivity index is 2.12. The van der Waals surface area contributed by atoms with Crippen LogP contribution in [0.2, 0.25) is 0 Å². The summed E-state index contributed by atoms with van der Waals surface area (Å²) in [6, 6.07) is 3.00. The Hall–Kier alpha value is -1.62. The van der Waals surface area contributed by atoms with E-state index < -0.39 is 5.54 Å². The van der Waals surface area contributed by atoms with Crippen molar-refractivity contribution in [3.05, 3.63) is 28.7 Å². The molecule has 1 unspecified atom stereocenters. The maximum Gasteiger partial charge on any atom is 0.250 e. The molecule has 0 radical (unpaired) electrons. The Kier molecular flexibility index (Phi) is 2.79. The molecule has 1 aliphatic carbocycles. The first kappa shape index (κ1) is 11.9. The molecule has 1 aliphatic rings. The van der Waals surface area contributed by atoms with Crippen molar-refractivity contribution in [2.75, 3.05) is 5.32 Å². The monoisotopic (exact) mass is 235 g/mol. The van der Waals surface area contributed by atoms with Crippen LogP contribution in [0.4, 0.5) is 5.69 Å². The van der Waals surface area contributed by atoms with Crippen molar-refractivity contribution in [2.24, 2.45) is 18.7 Å². The highest BCUT2D eigenvalue weighted by atomic mass is 16.2. The number of carbonyl (C=O) groups excluding carboxylic acids is 1. The number of hydrogen-bond acceptors (Lipinski definition) is 3. The number of anilines is 1. The summed E-state index contributed by atoms with van der Waals surface area (Å²) in [5.74, 6) is 0.0775. The lowest BCUT2D eigenvalue weighted by Gasteiger charge is -2.23. The second kappa shape index (κ2) is 4.00. The van der Waals surface area contributed by atoms with Crippen LogP contribution in [0.25, 0.3) is 0 Å². The van der Waals surface area contributed by atoms with E-state index in [0.717, 1.165) is 12.8 Å². The van der Waals surface area contributed by atoms with Crippen LogP contribution in [0.5, 0.6) is 0 Å². The Bertz CT molecular complexity index is 501. The average molecular weight is 235 g/mol. The van der Waals surface area contributed by atoms with Gasteiger partial charge in [-0.1, -0.05) is 0 Å². The first-order valence-electron chi connectivity index (χ1n) is 5.68. The lowest BCUT2D eigenvalue weighted by atomic mass is 9.96. The van der Waals surface area contributed by atoms with E-state index in [1.807, 2.05) is 0 Å². The SMILES string of the molecule is Cn1cc(NC(=O)C(C)(N)C2CC2)ccc1=O. The average Bonchev–Trinajstić information content (AvgIpc) is 3.07. The molecule has 1 fully saturated rings. The Morgan fingerprint density at radius 3 is 2.71 bits per heavy atom. The van der Waals surface area contributed by atoms with Gasteiger partial charge in [0.25, 0.3) is 0 Å². The maximum atomic E-state index is 12.0. The van der Waals surface area contributed by atoms with Crippen molar-refractivity contribution in [3.8, 4) is 0 Å². The standard InChI is InChI=1S/C12H17N3O2/c1-12(13,8-3-4-8)11(17)14-9-5-6-10(16)15(2)7-9/h5-8H,3-4,13H2,1-2H3,(H,14,17). The zero-order chi connectivity index (χ0) is 12.6. The first-order valence-corrected chi connectivity index (χ1v) is 5.68. The quantitative estimate of drug-likeness (QED) is 0.798. The number of pyridine rings is 1. The van der Waals surface area contributed by atoms with Crippen molar-refractivity contribution >= 4 is 11.6 Å². The zero-order valence-electron chi connectivity index (χ0n) is 10.1. The van der Waals surface area contributed by atoms with Crippen LogP contribution in [-0.4, -0.2) is 16.0 Å². The van der Waals surface area contributed by atoms with E-state index in [2.05, 4.69) is 5.32 Å². The van der Waals surface area contributed by atoms with E-state index in [1.165, 1.54) is 10.6 Å². The summed E-state index contributed by atoms with van der Waals surface area (Å²) < 4.78 is 1.42. The van der Waals surface area contributed by atoms with E-state index in [0.29, 0.717) is 5.69 Å². The molecule has 0 aliphatic heterocycles. The van der Waals surface area contributed by atoms with Gasteiger partial charge in [-0.05, 0) is 31.7 Å². The molecule has 0 bridgehead atoms. The highest BCUT2D eigenvalue weighted by molar-refractivity contribution is 5.98. The van der Waals surface area contributed by atoms with E-state index >= 15 is 0 Å². The Morgan fingerprint density at radius 1 is 1.53 bits per heavy atom. The zero-order valence-corrected chi connectivity index (χ0v) is 10.1. The summed E-state index contributed by atoms with van der Waals surface area (Å²) in [5, 5.41) is 2.75. The summed E-state index contributed by atoms with van der Waals surface area (Å²) in [6.45, 7) is 1.75. The van der Waals surface area contributed by atoms with Gasteiger partial charge in [-0.15, -0.1) is 0 Å². The highest BCUT2D eigenvalue weighted by Crippen LogP contribution is 2.38. The topological polar surface area (TPSA) is 77.1 Å². The van der Waals surface area contributed by atoms with E-state index in [1.54, 1.807) is 26.2 Å². The van der Waals surface area contributed by atoms with Crippen molar-refractivity contribution < 1.29 is 4.79 Å². The van der Waals surface area contributed by atoms with Gasteiger partial charge in [-0.2, -0.15) is 0 Å². The highest BCUT2D eigenvalue weighted by Gasteiger charge is 2.44. The minimum absolute atomic E-state index is 0.110. The number of rotatable bonds is 3. The van der Waals surface area contributed by atoms with E-state index in [-0.39, 0.29) is 17.4 Å². The minimum Gasteiger partial charge on any atom is -0.323 e. The summed E-state index contributed by atoms with van der Waals surface area (Å²) in [7, 11) is 1.64. The van der Waals surface area contributed by atoms with E-state index in [9.17, 15) is 9.59 Å². The fourth-order valence-corrected chi connectivity index (χ4v) is 1.80. The normalized spacial score (nSPS) is 18.5. The van der Waals surface area contributed by atoms with Crippen LogP contribution in [0, 0.1) is 5.92 Å². The molecule has 1 atom stereocenters. The van der Waals surface area contributed by atoms with Crippen LogP contribution >= 0.6 is 0 Å². The molecular weight excluding hydrogens is 218 g/mol. The van der Waals surface area contributed by atoms with Gasteiger partial charge in [-0.3, -0.25) is 9.59 Å². The Labute approximate surface area is 99.6 Å². The molecular formula is C12H17N3O2. The smallest absolute Gasteiger partial charge is 0.250 e. The molecule has 5 nitrogen and oxygen atoms in total. The molecule has 1 aromatic heterocycles. The molecule has 0 aromatic carbocycles. The fraction of sp³-hybridized carbons (Fsp3) is 0.500. The second-order valence-electron chi connectivity index (χ2n) is 4.88. The van der Waals surface area contributed by atoms with Crippen LogP contribution in [0.15, 0.2) is 23.1 Å². The van der Waals surface area contributed by atoms with Gasteiger partial charge in [0, 0.05) is 19.3 Å². The van der Waals surface area contributed by atoms with Crippen LogP contribution in [0.1, 0.15) is 19.8 Å². The van der Waals surface area contributed by atoms with Crippen molar-refractivity contribution in [3.63, 3.8) is 0 Å². The van der Waals surface area contributed by atoms with Gasteiger partial charge in [0.1, 0.15) is 0 Å². The van der Waals surface area contributed by atoms with Gasteiger partial charge >= 0.3 is 0 Å². The summed E-state index contributed by atoms with van der Waals surface area (Å²) in [6.07, 6.45) is 3.60. The number of nitrogens with two attached hydrogens (primary N) is 1. The molecule has 92 valence electrons. The number of nitrogens with zero attached hydrogens (tertiary/aromatic N) is 1. The third kappa shape index (κ3) is 2.39. The van der Waals surface area contributed by atoms with Gasteiger partial charge in [-0.25, -0.2) is 0 Å². The molecule has 1 heterocycles. The molecule has 3 N–H and O–H groups in total. The number of nitrogens with one attached hydrogen (secondary N) is 1. The fourth-order valence-electron chi connectivity index (χ4n) is 1.80. The van der Waals surface area contributed by atoms with Crippen molar-refractivity contribution in [1.29, 1.82) is 0 Å². The molecule has 1 aromatic rings. The third-order valence-corrected chi connectivity index (χ3v) is 3.26. The number of hydrogen-bond donors (Lipinski definition) is 2. The molecule has 1 amide bonds. The molecule has 0 spiro atoms. The van der Waals surface area contributed by atoms with Crippen molar-refractivity contribution in [1.82, 2.24) is 4.57 Å². The predicted octanol–water partition coefficient (Wildman–Crippen LogP) is 0.451. The van der Waals surface area contributed by atoms with Crippen molar-refractivity contribution in [2.45, 2.75) is 25.3 Å². The molecule has 0 saturated heterocycles. The van der Waals surface area contributed by atoms with Crippen LogP contribution < -0.4 is 16.6 Å². The van der Waals surface area contributed by atoms with E-state index in [4.69, 9.17) is 5.73 Å². The number of carbonyl (C=O) groups is 1. The minimum atomic E-state index is -0.825. The second-order valence-corrected chi connectivity index (χ2v) is 4.88. The lowest BCUT2D eigenvalue weighted by molar-refractivity contribution is -0.121. The van der Waals surface area contributed by atoms with Gasteiger partial charge in [0.2, 0.25) is 11.5 Å². The largest absolute Gasteiger partial charge is 0.323 e. The predicted molar refractivity (Wildman–Crippen MR) is 65.6 cm³/mol. The summed E-state index contributed by atoms with van der Waals surface area (Å²) in [5.41, 5.74) is 5.66. The number of amides is 1. The summed E-state index contributed by atoms with van der Waals surface area (Å²) in [4.78, 5) is 23.2. The van der Waals surface area contributed by atoms with Gasteiger partial charge in [0.05, 0.1) is 11.2 Å². The Morgan fingerprint density at radius 2 is 2.18 bits per heavy atom. The molecule has 17 heavy (non-hydrogen) atoms. The summed E-state index contributed by atoms with van der Waals surface area (Å²) >= 11 is 0. The van der Waals surface area contributed by atoms with Crippen LogP contribution in [-0.2, 0) is 11.8 Å². The van der Waals surface area contributed by atoms with Gasteiger partial charge in [0.15, 0.2) is 0 Å². The first-order chi connectivity index (χ1) is 7.91. The molecule has 5 heteroatoms.